The minimum absolute atomic E-state index is 0.0570. The van der Waals surface area contributed by atoms with Gasteiger partial charge >= 0.3 is 11.9 Å². The second-order valence-corrected chi connectivity index (χ2v) is 5.45. The molecule has 1 aliphatic carbocycles. The van der Waals surface area contributed by atoms with E-state index in [0.29, 0.717) is 0 Å². The van der Waals surface area contributed by atoms with E-state index >= 15 is 0 Å². The Bertz CT molecular complexity index is 327. The van der Waals surface area contributed by atoms with Crippen molar-refractivity contribution < 1.29 is 20.8 Å². The van der Waals surface area contributed by atoms with Gasteiger partial charge in [0.1, 0.15) is 5.60 Å². The first-order chi connectivity index (χ1) is 8.85. The van der Waals surface area contributed by atoms with E-state index in [1.165, 1.54) is 0 Å². The standard InChI is InChI=1S/C13H23NO4/c1-13(2,3)18-12(17)10(11(15)16)14-9-7-5-4-6-8-9/h9-10,14H,4-8H2,1-3H3,(H,15,16)/i1D. The fraction of sp³-hybridized carbons (Fsp3) is 0.846. The number of carbonyl (C=O) groups excluding carboxylic acids is 1. The van der Waals surface area contributed by atoms with E-state index in [1.54, 1.807) is 13.8 Å². The van der Waals surface area contributed by atoms with Gasteiger partial charge in [-0.2, -0.15) is 0 Å². The zero-order chi connectivity index (χ0) is 14.5. The van der Waals surface area contributed by atoms with E-state index in [0.717, 1.165) is 32.1 Å². The lowest BCUT2D eigenvalue weighted by atomic mass is 9.95. The number of esters is 1. The summed E-state index contributed by atoms with van der Waals surface area (Å²) >= 11 is 0. The average molecular weight is 258 g/mol. The number of carboxylic acids is 1. The molecule has 2 N–H and O–H groups in total. The molecule has 1 atom stereocenters. The summed E-state index contributed by atoms with van der Waals surface area (Å²) in [4.78, 5) is 23.1. The first-order valence-electron chi connectivity index (χ1n) is 7.07. The lowest BCUT2D eigenvalue weighted by Crippen LogP contribution is -2.51. The molecule has 0 radical (unpaired) electrons. The van der Waals surface area contributed by atoms with Gasteiger partial charge in [-0.25, -0.2) is 9.59 Å². The number of aliphatic carboxylic acids is 1. The molecule has 0 aromatic heterocycles. The molecule has 0 spiro atoms. The largest absolute Gasteiger partial charge is 0.480 e. The molecule has 18 heavy (non-hydrogen) atoms. The Morgan fingerprint density at radius 1 is 1.39 bits per heavy atom. The third kappa shape index (κ3) is 5.04. The van der Waals surface area contributed by atoms with Gasteiger partial charge in [-0.15, -0.1) is 0 Å². The van der Waals surface area contributed by atoms with Crippen molar-refractivity contribution in [3.63, 3.8) is 0 Å². The van der Waals surface area contributed by atoms with Crippen LogP contribution in [0.1, 0.15) is 54.2 Å². The van der Waals surface area contributed by atoms with Crippen molar-refractivity contribution in [3.05, 3.63) is 0 Å². The first-order valence-corrected chi connectivity index (χ1v) is 6.36. The molecule has 1 saturated carbocycles. The van der Waals surface area contributed by atoms with Crippen LogP contribution in [0.15, 0.2) is 0 Å². The molecule has 0 amide bonds. The number of carbonyl (C=O) groups is 2. The van der Waals surface area contributed by atoms with Crippen LogP contribution in [0.25, 0.3) is 0 Å². The zero-order valence-electron chi connectivity index (χ0n) is 12.1. The Labute approximate surface area is 109 Å². The van der Waals surface area contributed by atoms with Gasteiger partial charge in [0.05, 0.1) is 0 Å². The number of nitrogens with one attached hydrogen (secondary N) is 1. The van der Waals surface area contributed by atoms with Crippen molar-refractivity contribution >= 4 is 11.9 Å². The summed E-state index contributed by atoms with van der Waals surface area (Å²) in [5.41, 5.74) is -0.959. The van der Waals surface area contributed by atoms with Crippen molar-refractivity contribution in [1.29, 1.82) is 0 Å². The summed E-state index contributed by atoms with van der Waals surface area (Å²) in [5, 5.41) is 12.0. The van der Waals surface area contributed by atoms with Crippen LogP contribution in [0.5, 0.6) is 0 Å². The quantitative estimate of drug-likeness (QED) is 0.593. The number of hydrogen-bond acceptors (Lipinski definition) is 4. The van der Waals surface area contributed by atoms with Crippen molar-refractivity contribution in [2.24, 2.45) is 0 Å². The van der Waals surface area contributed by atoms with E-state index in [4.69, 9.17) is 11.2 Å². The highest BCUT2D eigenvalue weighted by molar-refractivity contribution is 5.98. The van der Waals surface area contributed by atoms with Crippen molar-refractivity contribution in [2.75, 3.05) is 0 Å². The van der Waals surface area contributed by atoms with Crippen LogP contribution in [-0.4, -0.2) is 34.7 Å². The summed E-state index contributed by atoms with van der Waals surface area (Å²) in [6, 6.07) is -1.28. The molecule has 1 rings (SSSR count). The molecule has 1 aliphatic rings. The number of carboxylic acid groups (broad SMARTS) is 1. The van der Waals surface area contributed by atoms with E-state index in [9.17, 15) is 9.59 Å². The molecule has 1 unspecified atom stereocenters. The second kappa shape index (κ2) is 6.18. The molecule has 1 fully saturated rings. The molecule has 0 heterocycles. The fourth-order valence-electron chi connectivity index (χ4n) is 2.08. The van der Waals surface area contributed by atoms with E-state index < -0.39 is 23.6 Å². The minimum Gasteiger partial charge on any atom is -0.480 e. The highest BCUT2D eigenvalue weighted by Crippen LogP contribution is 2.18. The summed E-state index contributed by atoms with van der Waals surface area (Å²) in [7, 11) is 0. The third-order valence-electron chi connectivity index (χ3n) is 2.87. The Morgan fingerprint density at radius 3 is 2.50 bits per heavy atom. The summed E-state index contributed by atoms with van der Waals surface area (Å²) < 4.78 is 12.3. The summed E-state index contributed by atoms with van der Waals surface area (Å²) in [6.45, 7) is 3.09. The summed E-state index contributed by atoms with van der Waals surface area (Å²) in [6.07, 6.45) is 5.04. The Balaban J connectivity index is 2.60. The maximum absolute atomic E-state index is 11.9. The van der Waals surface area contributed by atoms with Crippen LogP contribution in [0.3, 0.4) is 0 Å². The highest BCUT2D eigenvalue weighted by atomic mass is 16.6. The molecule has 0 bridgehead atoms. The molecule has 0 aromatic rings. The molecular formula is C13H23NO4. The second-order valence-electron chi connectivity index (χ2n) is 5.45. The first kappa shape index (κ1) is 13.3. The minimum atomic E-state index is -1.34. The van der Waals surface area contributed by atoms with Gasteiger partial charge in [0.25, 0.3) is 0 Å². The zero-order valence-corrected chi connectivity index (χ0v) is 11.1. The molecule has 5 nitrogen and oxygen atoms in total. The van der Waals surface area contributed by atoms with Gasteiger partial charge in [0, 0.05) is 7.41 Å². The molecule has 0 aromatic carbocycles. The third-order valence-corrected chi connectivity index (χ3v) is 2.87. The smallest absolute Gasteiger partial charge is 0.335 e. The number of rotatable bonds is 4. The predicted molar refractivity (Wildman–Crippen MR) is 67.3 cm³/mol. The average Bonchev–Trinajstić information content (AvgIpc) is 2.36. The van der Waals surface area contributed by atoms with Gasteiger partial charge < -0.3 is 9.84 Å². The van der Waals surface area contributed by atoms with Crippen LogP contribution < -0.4 is 5.32 Å². The van der Waals surface area contributed by atoms with Gasteiger partial charge in [-0.1, -0.05) is 19.3 Å². The summed E-state index contributed by atoms with van der Waals surface area (Å²) in [5.74, 6) is -2.04. The van der Waals surface area contributed by atoms with Crippen LogP contribution in [0.4, 0.5) is 0 Å². The van der Waals surface area contributed by atoms with Crippen LogP contribution in [0, 0.1) is 0 Å². The van der Waals surface area contributed by atoms with Crippen molar-refractivity contribution in [1.82, 2.24) is 5.32 Å². The number of hydrogen-bond donors (Lipinski definition) is 2. The van der Waals surface area contributed by atoms with E-state index in [1.807, 2.05) is 0 Å². The Hall–Kier alpha value is -1.10. The predicted octanol–water partition coefficient (Wildman–Crippen LogP) is 1.70. The van der Waals surface area contributed by atoms with Crippen LogP contribution >= 0.6 is 0 Å². The fourth-order valence-corrected chi connectivity index (χ4v) is 2.08. The molecule has 104 valence electrons. The highest BCUT2D eigenvalue weighted by Gasteiger charge is 2.33. The Kier molecular flexibility index (Phi) is 4.58. The lowest BCUT2D eigenvalue weighted by Gasteiger charge is -2.27. The van der Waals surface area contributed by atoms with Gasteiger partial charge in [-0.3, -0.25) is 5.32 Å². The Morgan fingerprint density at radius 2 is 2.00 bits per heavy atom. The number of ether oxygens (including phenoxy) is 1. The monoisotopic (exact) mass is 258 g/mol. The van der Waals surface area contributed by atoms with Crippen molar-refractivity contribution in [3.8, 4) is 0 Å². The molecule has 0 aliphatic heterocycles. The van der Waals surface area contributed by atoms with Crippen LogP contribution in [0.2, 0.25) is 0 Å². The normalized spacial score (nSPS) is 20.0. The lowest BCUT2D eigenvalue weighted by molar-refractivity contribution is -0.163. The van der Waals surface area contributed by atoms with E-state index in [2.05, 4.69) is 5.32 Å². The van der Waals surface area contributed by atoms with Gasteiger partial charge in [0.15, 0.2) is 0 Å². The maximum atomic E-state index is 11.9. The topological polar surface area (TPSA) is 75.6 Å². The molecule has 0 saturated heterocycles. The van der Waals surface area contributed by atoms with Crippen molar-refractivity contribution in [2.45, 2.75) is 70.5 Å². The maximum Gasteiger partial charge on any atom is 0.335 e. The van der Waals surface area contributed by atoms with E-state index in [-0.39, 0.29) is 12.9 Å². The van der Waals surface area contributed by atoms with Gasteiger partial charge in [0.2, 0.25) is 6.04 Å². The van der Waals surface area contributed by atoms with Crippen LogP contribution in [-0.2, 0) is 14.3 Å². The molecule has 5 heteroatoms. The SMILES string of the molecule is [2H]CC(C)(C)OC(=O)C(NC1CCCCC1)C(=O)O. The molecular weight excluding hydrogens is 234 g/mol. The van der Waals surface area contributed by atoms with Gasteiger partial charge in [-0.05, 0) is 33.6 Å².